The Morgan fingerprint density at radius 1 is 1.27 bits per heavy atom. The van der Waals surface area contributed by atoms with Gasteiger partial charge in [0.15, 0.2) is 5.96 Å². The van der Waals surface area contributed by atoms with E-state index in [1.165, 1.54) is 37.8 Å². The van der Waals surface area contributed by atoms with Gasteiger partial charge in [0.05, 0.1) is 6.10 Å². The Hall–Kier alpha value is -1.89. The van der Waals surface area contributed by atoms with Crippen molar-refractivity contribution in [1.29, 1.82) is 0 Å². The molecule has 144 valence electrons. The molecule has 0 aromatic heterocycles. The van der Waals surface area contributed by atoms with Crippen LogP contribution in [-0.4, -0.2) is 37.3 Å². The molecule has 0 amide bonds. The van der Waals surface area contributed by atoms with Crippen molar-refractivity contribution in [2.75, 3.05) is 19.6 Å². The summed E-state index contributed by atoms with van der Waals surface area (Å²) in [7, 11) is 0. The summed E-state index contributed by atoms with van der Waals surface area (Å²) in [6, 6.07) is 6.02. The number of hydrogen-bond acceptors (Lipinski definition) is 3. The standard InChI is InChI=1S/C19H27F2N3O2/c1-2-22-18(24-12-19(9-10-19)14-5-6-14)23-11-16(25)13-3-7-15(8-4-13)26-17(20)21/h3-4,7-8,14,16-17,25H,2,5-6,9-12H2,1H3,(H2,22,23,24). The zero-order valence-electron chi connectivity index (χ0n) is 15.0. The van der Waals surface area contributed by atoms with Crippen LogP contribution in [-0.2, 0) is 0 Å². The van der Waals surface area contributed by atoms with Gasteiger partial charge in [0.2, 0.25) is 0 Å². The van der Waals surface area contributed by atoms with Crippen molar-refractivity contribution in [2.24, 2.45) is 16.3 Å². The van der Waals surface area contributed by atoms with Crippen LogP contribution in [0.15, 0.2) is 29.3 Å². The van der Waals surface area contributed by atoms with Gasteiger partial charge in [-0.15, -0.1) is 0 Å². The van der Waals surface area contributed by atoms with E-state index in [0.29, 0.717) is 16.9 Å². The molecular weight excluding hydrogens is 340 g/mol. The molecule has 0 aliphatic heterocycles. The molecule has 1 atom stereocenters. The van der Waals surface area contributed by atoms with E-state index in [1.54, 1.807) is 12.1 Å². The first-order chi connectivity index (χ1) is 12.5. The van der Waals surface area contributed by atoms with E-state index in [0.717, 1.165) is 19.0 Å². The van der Waals surface area contributed by atoms with Crippen LogP contribution in [0.2, 0.25) is 0 Å². The molecule has 2 fully saturated rings. The zero-order chi connectivity index (χ0) is 18.6. The fourth-order valence-electron chi connectivity index (χ4n) is 3.31. The molecule has 0 heterocycles. The Labute approximate surface area is 152 Å². The van der Waals surface area contributed by atoms with E-state index < -0.39 is 12.7 Å². The molecule has 0 spiro atoms. The number of guanidine groups is 1. The largest absolute Gasteiger partial charge is 0.435 e. The van der Waals surface area contributed by atoms with Crippen LogP contribution in [0.4, 0.5) is 8.78 Å². The molecule has 26 heavy (non-hydrogen) atoms. The third-order valence-corrected chi connectivity index (χ3v) is 5.18. The number of alkyl halides is 2. The maximum atomic E-state index is 12.2. The van der Waals surface area contributed by atoms with E-state index in [-0.39, 0.29) is 12.3 Å². The summed E-state index contributed by atoms with van der Waals surface area (Å²) in [4.78, 5) is 4.70. The molecular formula is C19H27F2N3O2. The van der Waals surface area contributed by atoms with Gasteiger partial charge in [0.25, 0.3) is 0 Å². The number of hydrogen-bond donors (Lipinski definition) is 3. The first kappa shape index (κ1) is 18.9. The topological polar surface area (TPSA) is 65.9 Å². The molecule has 2 aliphatic carbocycles. The summed E-state index contributed by atoms with van der Waals surface area (Å²) in [5.41, 5.74) is 1.06. The minimum atomic E-state index is -2.85. The van der Waals surface area contributed by atoms with Crippen molar-refractivity contribution in [3.05, 3.63) is 29.8 Å². The highest BCUT2D eigenvalue weighted by Crippen LogP contribution is 2.61. The zero-order valence-corrected chi connectivity index (χ0v) is 15.0. The number of aliphatic hydroxyl groups excluding tert-OH is 1. The Morgan fingerprint density at radius 3 is 2.50 bits per heavy atom. The smallest absolute Gasteiger partial charge is 0.387 e. The van der Waals surface area contributed by atoms with E-state index in [2.05, 4.69) is 15.4 Å². The Balaban J connectivity index is 1.51. The summed E-state index contributed by atoms with van der Waals surface area (Å²) in [5.74, 6) is 1.64. The number of nitrogens with zero attached hydrogens (tertiary/aromatic N) is 1. The SMILES string of the molecule is CCNC(=NCC1(C2CC2)CC1)NCC(O)c1ccc(OC(F)F)cc1. The van der Waals surface area contributed by atoms with Crippen molar-refractivity contribution >= 4 is 5.96 Å². The summed E-state index contributed by atoms with van der Waals surface area (Å²) in [5, 5.41) is 16.7. The lowest BCUT2D eigenvalue weighted by Crippen LogP contribution is -2.39. The summed E-state index contributed by atoms with van der Waals surface area (Å²) >= 11 is 0. The predicted molar refractivity (Wildman–Crippen MR) is 96.4 cm³/mol. The van der Waals surface area contributed by atoms with Crippen LogP contribution in [0.3, 0.4) is 0 Å². The average molecular weight is 367 g/mol. The third-order valence-electron chi connectivity index (χ3n) is 5.18. The highest BCUT2D eigenvalue weighted by atomic mass is 19.3. The van der Waals surface area contributed by atoms with Crippen molar-refractivity contribution in [3.63, 3.8) is 0 Å². The molecule has 7 heteroatoms. The lowest BCUT2D eigenvalue weighted by Gasteiger charge is -2.17. The molecule has 0 radical (unpaired) electrons. The molecule has 2 aliphatic rings. The Bertz CT molecular complexity index is 614. The molecule has 3 rings (SSSR count). The average Bonchev–Trinajstić information content (AvgIpc) is 3.50. The molecule has 1 aromatic rings. The van der Waals surface area contributed by atoms with E-state index >= 15 is 0 Å². The minimum Gasteiger partial charge on any atom is -0.435 e. The maximum Gasteiger partial charge on any atom is 0.387 e. The van der Waals surface area contributed by atoms with E-state index in [1.807, 2.05) is 6.92 Å². The fourth-order valence-corrected chi connectivity index (χ4v) is 3.31. The van der Waals surface area contributed by atoms with Gasteiger partial charge in [-0.1, -0.05) is 12.1 Å². The second-order valence-corrected chi connectivity index (χ2v) is 7.18. The van der Waals surface area contributed by atoms with Crippen LogP contribution in [0, 0.1) is 11.3 Å². The summed E-state index contributed by atoms with van der Waals surface area (Å²) in [6.45, 7) is 1.03. The van der Waals surface area contributed by atoms with Crippen molar-refractivity contribution in [1.82, 2.24) is 10.6 Å². The number of halogens is 2. The third kappa shape index (κ3) is 5.06. The lowest BCUT2D eigenvalue weighted by molar-refractivity contribution is -0.0498. The lowest BCUT2D eigenvalue weighted by atomic mass is 10.0. The van der Waals surface area contributed by atoms with Gasteiger partial charge in [0, 0.05) is 19.6 Å². The normalized spacial score (nSPS) is 20.0. The molecule has 5 nitrogen and oxygen atoms in total. The van der Waals surface area contributed by atoms with Gasteiger partial charge < -0.3 is 20.5 Å². The highest BCUT2D eigenvalue weighted by molar-refractivity contribution is 5.79. The molecule has 0 saturated heterocycles. The Morgan fingerprint density at radius 2 is 1.96 bits per heavy atom. The molecule has 1 aromatic carbocycles. The fraction of sp³-hybridized carbons (Fsp3) is 0.632. The number of rotatable bonds is 9. The number of benzene rings is 1. The van der Waals surface area contributed by atoms with Crippen molar-refractivity contribution in [3.8, 4) is 5.75 Å². The number of aliphatic hydroxyl groups is 1. The van der Waals surface area contributed by atoms with Gasteiger partial charge in [-0.3, -0.25) is 4.99 Å². The van der Waals surface area contributed by atoms with Crippen molar-refractivity contribution < 1.29 is 18.6 Å². The van der Waals surface area contributed by atoms with Gasteiger partial charge in [-0.05, 0) is 61.6 Å². The van der Waals surface area contributed by atoms with Gasteiger partial charge in [-0.25, -0.2) is 0 Å². The molecule has 0 bridgehead atoms. The van der Waals surface area contributed by atoms with Gasteiger partial charge in [-0.2, -0.15) is 8.78 Å². The molecule has 2 saturated carbocycles. The summed E-state index contributed by atoms with van der Waals surface area (Å²) < 4.78 is 28.7. The molecule has 1 unspecified atom stereocenters. The van der Waals surface area contributed by atoms with Crippen LogP contribution in [0.1, 0.15) is 44.3 Å². The number of aliphatic imine (C=N–C) groups is 1. The number of nitrogens with one attached hydrogen (secondary N) is 2. The van der Waals surface area contributed by atoms with Crippen LogP contribution in [0.5, 0.6) is 5.75 Å². The van der Waals surface area contributed by atoms with Crippen LogP contribution >= 0.6 is 0 Å². The first-order valence-corrected chi connectivity index (χ1v) is 9.27. The van der Waals surface area contributed by atoms with E-state index in [4.69, 9.17) is 4.99 Å². The first-order valence-electron chi connectivity index (χ1n) is 9.27. The van der Waals surface area contributed by atoms with Gasteiger partial charge in [0.1, 0.15) is 5.75 Å². The number of ether oxygens (including phenoxy) is 1. The quantitative estimate of drug-likeness (QED) is 0.464. The van der Waals surface area contributed by atoms with E-state index in [9.17, 15) is 13.9 Å². The van der Waals surface area contributed by atoms with Crippen LogP contribution in [0.25, 0.3) is 0 Å². The monoisotopic (exact) mass is 367 g/mol. The second-order valence-electron chi connectivity index (χ2n) is 7.18. The maximum absolute atomic E-state index is 12.2. The molecule has 3 N–H and O–H groups in total. The predicted octanol–water partition coefficient (Wildman–Crippen LogP) is 3.07. The second kappa shape index (κ2) is 8.20. The van der Waals surface area contributed by atoms with Crippen LogP contribution < -0.4 is 15.4 Å². The highest BCUT2D eigenvalue weighted by Gasteiger charge is 2.53. The van der Waals surface area contributed by atoms with Gasteiger partial charge >= 0.3 is 6.61 Å². The summed E-state index contributed by atoms with van der Waals surface area (Å²) in [6.07, 6.45) is 4.46. The Kier molecular flexibility index (Phi) is 5.96. The minimum absolute atomic E-state index is 0.0774. The van der Waals surface area contributed by atoms with Crippen molar-refractivity contribution in [2.45, 2.75) is 45.3 Å².